The summed E-state index contributed by atoms with van der Waals surface area (Å²) in [4.78, 5) is 12.6. The first-order chi connectivity index (χ1) is 11.9. The summed E-state index contributed by atoms with van der Waals surface area (Å²) in [5.74, 6) is 3.16. The summed E-state index contributed by atoms with van der Waals surface area (Å²) in [6.45, 7) is 4.03. The molecule has 1 N–H and O–H groups in total. The number of ether oxygens (including phenoxy) is 2. The Hall–Kier alpha value is -2.08. The first-order valence-electron chi connectivity index (χ1n) is 8.17. The molecule has 1 aromatic heterocycles. The van der Waals surface area contributed by atoms with Gasteiger partial charge in [0, 0.05) is 12.0 Å². The van der Waals surface area contributed by atoms with E-state index in [0.29, 0.717) is 12.2 Å². The van der Waals surface area contributed by atoms with Gasteiger partial charge in [-0.3, -0.25) is 4.79 Å². The van der Waals surface area contributed by atoms with Crippen molar-refractivity contribution in [2.75, 3.05) is 13.4 Å². The minimum atomic E-state index is -0.368. The van der Waals surface area contributed by atoms with E-state index in [0.717, 1.165) is 28.6 Å². The maximum Gasteiger partial charge on any atom is 0.287 e. The third-order valence-corrected chi connectivity index (χ3v) is 4.72. The lowest BCUT2D eigenvalue weighted by Gasteiger charge is -2.37. The van der Waals surface area contributed by atoms with Crippen LogP contribution in [0.4, 0.5) is 0 Å². The predicted octanol–water partition coefficient (Wildman–Crippen LogP) is 4.18. The molecule has 1 unspecified atom stereocenters. The van der Waals surface area contributed by atoms with Crippen molar-refractivity contribution >= 4 is 17.7 Å². The van der Waals surface area contributed by atoms with Crippen molar-refractivity contribution in [2.45, 2.75) is 37.7 Å². The van der Waals surface area contributed by atoms with Crippen molar-refractivity contribution < 1.29 is 18.7 Å². The van der Waals surface area contributed by atoms with Crippen molar-refractivity contribution in [1.82, 2.24) is 5.32 Å². The lowest BCUT2D eigenvalue weighted by molar-refractivity contribution is 0.0609. The van der Waals surface area contributed by atoms with E-state index in [1.807, 2.05) is 44.4 Å². The van der Waals surface area contributed by atoms with Gasteiger partial charge in [-0.25, -0.2) is 0 Å². The highest BCUT2D eigenvalue weighted by atomic mass is 32.2. The summed E-state index contributed by atoms with van der Waals surface area (Å²) in [5.41, 5.74) is 0.551. The SMILES string of the molecule is COc1ccc2c(c1)C(NC(=O)c1ccc(CSC)o1)CC(C)(C)O2. The molecule has 3 rings (SSSR count). The largest absolute Gasteiger partial charge is 0.497 e. The van der Waals surface area contributed by atoms with Crippen molar-refractivity contribution in [3.8, 4) is 11.5 Å². The second-order valence-corrected chi connectivity index (χ2v) is 7.56. The molecule has 0 radical (unpaired) electrons. The van der Waals surface area contributed by atoms with E-state index >= 15 is 0 Å². The second-order valence-electron chi connectivity index (χ2n) is 6.69. The van der Waals surface area contributed by atoms with Crippen LogP contribution in [0.15, 0.2) is 34.7 Å². The molecule has 1 aliphatic heterocycles. The molecule has 0 saturated heterocycles. The van der Waals surface area contributed by atoms with E-state index in [4.69, 9.17) is 13.9 Å². The molecule has 0 aliphatic carbocycles. The van der Waals surface area contributed by atoms with Gasteiger partial charge in [0.15, 0.2) is 5.76 Å². The molecule has 1 amide bonds. The molecular formula is C19H23NO4S. The van der Waals surface area contributed by atoms with Gasteiger partial charge in [-0.05, 0) is 50.4 Å². The van der Waals surface area contributed by atoms with Crippen LogP contribution in [0.2, 0.25) is 0 Å². The highest BCUT2D eigenvalue weighted by Gasteiger charge is 2.35. The third kappa shape index (κ3) is 3.95. The van der Waals surface area contributed by atoms with Crippen molar-refractivity contribution in [1.29, 1.82) is 0 Å². The van der Waals surface area contributed by atoms with E-state index in [2.05, 4.69) is 5.32 Å². The quantitative estimate of drug-likeness (QED) is 0.865. The number of carbonyl (C=O) groups is 1. The third-order valence-electron chi connectivity index (χ3n) is 4.15. The van der Waals surface area contributed by atoms with Crippen molar-refractivity contribution in [3.05, 3.63) is 47.4 Å². The monoisotopic (exact) mass is 361 g/mol. The Morgan fingerprint density at radius 3 is 2.88 bits per heavy atom. The average Bonchev–Trinajstić information content (AvgIpc) is 3.03. The van der Waals surface area contributed by atoms with Crippen LogP contribution in [-0.2, 0) is 5.75 Å². The smallest absolute Gasteiger partial charge is 0.287 e. The van der Waals surface area contributed by atoms with Crippen LogP contribution in [0.1, 0.15) is 48.2 Å². The van der Waals surface area contributed by atoms with Gasteiger partial charge in [0.05, 0.1) is 18.9 Å². The highest BCUT2D eigenvalue weighted by Crippen LogP contribution is 2.41. The average molecular weight is 361 g/mol. The molecule has 2 heterocycles. The normalized spacial score (nSPS) is 18.2. The molecule has 1 atom stereocenters. The van der Waals surface area contributed by atoms with E-state index in [-0.39, 0.29) is 17.6 Å². The molecular weight excluding hydrogens is 338 g/mol. The fourth-order valence-electron chi connectivity index (χ4n) is 3.04. The lowest BCUT2D eigenvalue weighted by Crippen LogP contribution is -2.41. The van der Waals surface area contributed by atoms with Crippen LogP contribution in [0.25, 0.3) is 0 Å². The fraction of sp³-hybridized carbons (Fsp3) is 0.421. The van der Waals surface area contributed by atoms with Crippen LogP contribution >= 0.6 is 11.8 Å². The number of furan rings is 1. The summed E-state index contributed by atoms with van der Waals surface area (Å²) < 4.78 is 17.0. The molecule has 2 aromatic rings. The van der Waals surface area contributed by atoms with Crippen LogP contribution in [-0.4, -0.2) is 24.9 Å². The summed E-state index contributed by atoms with van der Waals surface area (Å²) >= 11 is 1.65. The second kappa shape index (κ2) is 7.04. The number of hydrogen-bond donors (Lipinski definition) is 1. The zero-order chi connectivity index (χ0) is 18.0. The Morgan fingerprint density at radius 1 is 1.36 bits per heavy atom. The minimum Gasteiger partial charge on any atom is -0.497 e. The zero-order valence-corrected chi connectivity index (χ0v) is 15.7. The highest BCUT2D eigenvalue weighted by molar-refractivity contribution is 7.97. The number of rotatable bonds is 5. The Balaban J connectivity index is 1.84. The molecule has 1 aromatic carbocycles. The summed E-state index contributed by atoms with van der Waals surface area (Å²) in [5, 5.41) is 3.08. The van der Waals surface area contributed by atoms with Gasteiger partial charge in [-0.2, -0.15) is 11.8 Å². The number of hydrogen-bond acceptors (Lipinski definition) is 5. The molecule has 1 aliphatic rings. The van der Waals surface area contributed by atoms with E-state index in [1.54, 1.807) is 24.9 Å². The van der Waals surface area contributed by atoms with Gasteiger partial charge in [0.1, 0.15) is 22.9 Å². The van der Waals surface area contributed by atoms with Crippen molar-refractivity contribution in [2.24, 2.45) is 0 Å². The Kier molecular flexibility index (Phi) is 4.99. The number of thioether (sulfide) groups is 1. The molecule has 0 bridgehead atoms. The van der Waals surface area contributed by atoms with E-state index in [1.165, 1.54) is 0 Å². The number of amides is 1. The Morgan fingerprint density at radius 2 is 2.16 bits per heavy atom. The van der Waals surface area contributed by atoms with Gasteiger partial charge >= 0.3 is 0 Å². The number of carbonyl (C=O) groups excluding carboxylic acids is 1. The van der Waals surface area contributed by atoms with Crippen LogP contribution in [0.3, 0.4) is 0 Å². The fourth-order valence-corrected chi connectivity index (χ4v) is 3.48. The first-order valence-corrected chi connectivity index (χ1v) is 9.57. The lowest BCUT2D eigenvalue weighted by atomic mass is 9.89. The summed E-state index contributed by atoms with van der Waals surface area (Å²) in [6.07, 6.45) is 2.66. The molecule has 0 fully saturated rings. The number of fused-ring (bicyclic) bond motifs is 1. The van der Waals surface area contributed by atoms with Gasteiger partial charge in [0.2, 0.25) is 0 Å². The van der Waals surface area contributed by atoms with Gasteiger partial charge in [-0.15, -0.1) is 0 Å². The standard InChI is InChI=1S/C19H23NO4S/c1-19(2)10-15(14-9-12(22-3)5-7-16(14)24-19)20-18(21)17-8-6-13(23-17)11-25-4/h5-9,15H,10-11H2,1-4H3,(H,20,21). The molecule has 0 saturated carbocycles. The van der Waals surface area contributed by atoms with Gasteiger partial charge in [0.25, 0.3) is 5.91 Å². The van der Waals surface area contributed by atoms with Crippen LogP contribution in [0, 0.1) is 0 Å². The minimum absolute atomic E-state index is 0.171. The number of methoxy groups -OCH3 is 1. The molecule has 0 spiro atoms. The summed E-state index contributed by atoms with van der Waals surface area (Å²) in [6, 6.07) is 9.05. The predicted molar refractivity (Wildman–Crippen MR) is 98.5 cm³/mol. The van der Waals surface area contributed by atoms with Gasteiger partial charge in [-0.1, -0.05) is 0 Å². The van der Waals surface area contributed by atoms with E-state index < -0.39 is 0 Å². The van der Waals surface area contributed by atoms with Gasteiger partial charge < -0.3 is 19.2 Å². The summed E-state index contributed by atoms with van der Waals surface area (Å²) in [7, 11) is 1.62. The Bertz CT molecular complexity index is 769. The Labute approximate surface area is 152 Å². The number of nitrogens with one attached hydrogen (secondary N) is 1. The molecule has 5 nitrogen and oxygen atoms in total. The topological polar surface area (TPSA) is 60.7 Å². The van der Waals surface area contributed by atoms with Crippen molar-refractivity contribution in [3.63, 3.8) is 0 Å². The molecule has 134 valence electrons. The molecule has 25 heavy (non-hydrogen) atoms. The molecule has 6 heteroatoms. The zero-order valence-electron chi connectivity index (χ0n) is 14.9. The van der Waals surface area contributed by atoms with Crippen LogP contribution in [0.5, 0.6) is 11.5 Å². The van der Waals surface area contributed by atoms with Crippen LogP contribution < -0.4 is 14.8 Å². The number of benzene rings is 1. The maximum absolute atomic E-state index is 12.6. The first kappa shape index (κ1) is 17.7. The maximum atomic E-state index is 12.6. The van der Waals surface area contributed by atoms with E-state index in [9.17, 15) is 4.79 Å².